The Morgan fingerprint density at radius 1 is 1.24 bits per heavy atom. The molecule has 1 aliphatic heterocycles. The predicted molar refractivity (Wildman–Crippen MR) is 78.9 cm³/mol. The third kappa shape index (κ3) is 2.82. The van der Waals surface area contributed by atoms with Crippen LogP contribution in [-0.4, -0.2) is 43.8 Å². The van der Waals surface area contributed by atoms with E-state index in [1.54, 1.807) is 17.3 Å². The van der Waals surface area contributed by atoms with Crippen LogP contribution in [0.1, 0.15) is 19.3 Å². The standard InChI is InChI=1S/C13H15ClN6O/c14-10-7-16-12(15)18-11(10)9-6-17-20(8-9)13(21)19-4-2-1-3-5-19/h6-8H,1-5H2,(H2,15,16,18). The van der Waals surface area contributed by atoms with Gasteiger partial charge in [0.1, 0.15) is 0 Å². The lowest BCUT2D eigenvalue weighted by Gasteiger charge is -2.25. The van der Waals surface area contributed by atoms with Gasteiger partial charge in [-0.1, -0.05) is 11.6 Å². The molecular formula is C13H15ClN6O. The lowest BCUT2D eigenvalue weighted by Crippen LogP contribution is -2.38. The SMILES string of the molecule is Nc1ncc(Cl)c(-c2cnn(C(=O)N3CCCCC3)c2)n1. The first-order chi connectivity index (χ1) is 10.1. The van der Waals surface area contributed by atoms with Crippen molar-refractivity contribution in [1.82, 2.24) is 24.6 Å². The number of piperidine rings is 1. The summed E-state index contributed by atoms with van der Waals surface area (Å²) in [7, 11) is 0. The number of carbonyl (C=O) groups excluding carboxylic acids is 1. The number of aromatic nitrogens is 4. The van der Waals surface area contributed by atoms with Gasteiger partial charge in [0.2, 0.25) is 5.95 Å². The van der Waals surface area contributed by atoms with Gasteiger partial charge in [0.05, 0.1) is 23.1 Å². The highest BCUT2D eigenvalue weighted by molar-refractivity contribution is 6.32. The molecule has 0 aromatic carbocycles. The maximum atomic E-state index is 12.3. The number of amides is 1. The fraction of sp³-hybridized carbons (Fsp3) is 0.385. The van der Waals surface area contributed by atoms with Crippen LogP contribution in [-0.2, 0) is 0 Å². The van der Waals surface area contributed by atoms with Gasteiger partial charge in [0.25, 0.3) is 0 Å². The molecule has 0 spiro atoms. The van der Waals surface area contributed by atoms with Crippen molar-refractivity contribution in [3.05, 3.63) is 23.6 Å². The summed E-state index contributed by atoms with van der Waals surface area (Å²) in [5.74, 6) is 0.129. The summed E-state index contributed by atoms with van der Waals surface area (Å²) in [6, 6.07) is -0.126. The summed E-state index contributed by atoms with van der Waals surface area (Å²) < 4.78 is 1.31. The largest absolute Gasteiger partial charge is 0.368 e. The fourth-order valence-corrected chi connectivity index (χ4v) is 2.56. The molecule has 3 rings (SSSR count). The average molecular weight is 307 g/mol. The Labute approximate surface area is 126 Å². The number of likely N-dealkylation sites (tertiary alicyclic amines) is 1. The van der Waals surface area contributed by atoms with Gasteiger partial charge in [-0.2, -0.15) is 9.78 Å². The number of rotatable bonds is 1. The van der Waals surface area contributed by atoms with E-state index >= 15 is 0 Å². The van der Waals surface area contributed by atoms with Crippen LogP contribution in [0, 0.1) is 0 Å². The Balaban J connectivity index is 1.85. The van der Waals surface area contributed by atoms with Gasteiger partial charge in [-0.25, -0.2) is 14.8 Å². The van der Waals surface area contributed by atoms with E-state index in [1.807, 2.05) is 0 Å². The second kappa shape index (κ2) is 5.69. The van der Waals surface area contributed by atoms with Crippen molar-refractivity contribution in [2.75, 3.05) is 18.8 Å². The van der Waals surface area contributed by atoms with Crippen molar-refractivity contribution in [1.29, 1.82) is 0 Å². The fourth-order valence-electron chi connectivity index (χ4n) is 2.36. The Morgan fingerprint density at radius 2 is 2.00 bits per heavy atom. The highest BCUT2D eigenvalue weighted by Crippen LogP contribution is 2.25. The van der Waals surface area contributed by atoms with Crippen LogP contribution in [0.3, 0.4) is 0 Å². The van der Waals surface area contributed by atoms with Gasteiger partial charge >= 0.3 is 6.03 Å². The molecular weight excluding hydrogens is 292 g/mol. The number of halogens is 1. The second-order valence-electron chi connectivity index (χ2n) is 4.93. The van der Waals surface area contributed by atoms with E-state index in [9.17, 15) is 4.79 Å². The Bertz CT molecular complexity index is 664. The quantitative estimate of drug-likeness (QED) is 0.870. The molecule has 0 bridgehead atoms. The van der Waals surface area contributed by atoms with E-state index < -0.39 is 0 Å². The number of nitrogens with zero attached hydrogens (tertiary/aromatic N) is 5. The zero-order chi connectivity index (χ0) is 14.8. The summed E-state index contributed by atoms with van der Waals surface area (Å²) in [6.07, 6.45) is 7.84. The molecule has 2 N–H and O–H groups in total. The lowest BCUT2D eigenvalue weighted by atomic mass is 10.1. The zero-order valence-electron chi connectivity index (χ0n) is 11.4. The monoisotopic (exact) mass is 306 g/mol. The molecule has 0 atom stereocenters. The minimum Gasteiger partial charge on any atom is -0.368 e. The number of nitrogen functional groups attached to an aromatic ring is 1. The van der Waals surface area contributed by atoms with Crippen LogP contribution in [0.2, 0.25) is 5.02 Å². The molecule has 110 valence electrons. The van der Waals surface area contributed by atoms with E-state index in [0.717, 1.165) is 25.9 Å². The minimum atomic E-state index is -0.126. The van der Waals surface area contributed by atoms with Crippen LogP contribution < -0.4 is 5.73 Å². The van der Waals surface area contributed by atoms with Crippen LogP contribution in [0.5, 0.6) is 0 Å². The number of hydrogen-bond acceptors (Lipinski definition) is 5. The number of anilines is 1. The molecule has 0 aliphatic carbocycles. The molecule has 7 nitrogen and oxygen atoms in total. The van der Waals surface area contributed by atoms with Gasteiger partial charge in [-0.15, -0.1) is 0 Å². The summed E-state index contributed by atoms with van der Waals surface area (Å²) in [5, 5.41) is 4.47. The van der Waals surface area contributed by atoms with Crippen molar-refractivity contribution >= 4 is 23.6 Å². The van der Waals surface area contributed by atoms with Crippen molar-refractivity contribution in [3.63, 3.8) is 0 Å². The first-order valence-electron chi connectivity index (χ1n) is 6.77. The number of hydrogen-bond donors (Lipinski definition) is 1. The summed E-state index contributed by atoms with van der Waals surface area (Å²) in [6.45, 7) is 1.55. The van der Waals surface area contributed by atoms with Crippen LogP contribution >= 0.6 is 11.6 Å². The summed E-state index contributed by atoms with van der Waals surface area (Å²) in [5.41, 5.74) is 6.68. The molecule has 1 saturated heterocycles. The van der Waals surface area contributed by atoms with Gasteiger partial charge in [-0.05, 0) is 19.3 Å². The first-order valence-corrected chi connectivity index (χ1v) is 7.15. The van der Waals surface area contributed by atoms with Crippen molar-refractivity contribution in [3.8, 4) is 11.3 Å². The molecule has 2 aromatic rings. The van der Waals surface area contributed by atoms with Crippen molar-refractivity contribution in [2.45, 2.75) is 19.3 Å². The first kappa shape index (κ1) is 13.8. The molecule has 0 unspecified atom stereocenters. The summed E-state index contributed by atoms with van der Waals surface area (Å²) >= 11 is 6.06. The molecule has 1 amide bonds. The van der Waals surface area contributed by atoms with E-state index in [1.165, 1.54) is 17.3 Å². The average Bonchev–Trinajstić information content (AvgIpc) is 2.99. The predicted octanol–water partition coefficient (Wildman–Crippen LogP) is 2.03. The topological polar surface area (TPSA) is 89.9 Å². The molecule has 1 aliphatic rings. The Hall–Kier alpha value is -2.15. The lowest BCUT2D eigenvalue weighted by molar-refractivity contribution is 0.185. The zero-order valence-corrected chi connectivity index (χ0v) is 12.1. The van der Waals surface area contributed by atoms with Crippen LogP contribution in [0.15, 0.2) is 18.6 Å². The Kier molecular flexibility index (Phi) is 3.74. The smallest absolute Gasteiger partial charge is 0.344 e. The van der Waals surface area contributed by atoms with E-state index in [0.29, 0.717) is 16.3 Å². The maximum absolute atomic E-state index is 12.3. The third-order valence-corrected chi connectivity index (χ3v) is 3.72. The van der Waals surface area contributed by atoms with Gasteiger partial charge < -0.3 is 10.6 Å². The minimum absolute atomic E-state index is 0.126. The maximum Gasteiger partial charge on any atom is 0.344 e. The van der Waals surface area contributed by atoms with E-state index in [4.69, 9.17) is 17.3 Å². The molecule has 2 aromatic heterocycles. The van der Waals surface area contributed by atoms with Crippen LogP contribution in [0.25, 0.3) is 11.3 Å². The highest BCUT2D eigenvalue weighted by Gasteiger charge is 2.19. The van der Waals surface area contributed by atoms with E-state index in [-0.39, 0.29) is 12.0 Å². The molecule has 8 heteroatoms. The molecule has 21 heavy (non-hydrogen) atoms. The Morgan fingerprint density at radius 3 is 2.76 bits per heavy atom. The van der Waals surface area contributed by atoms with E-state index in [2.05, 4.69) is 15.1 Å². The van der Waals surface area contributed by atoms with Gasteiger partial charge in [0.15, 0.2) is 0 Å². The molecule has 1 fully saturated rings. The van der Waals surface area contributed by atoms with Gasteiger partial charge in [-0.3, -0.25) is 0 Å². The normalized spacial score (nSPS) is 15.2. The van der Waals surface area contributed by atoms with Crippen LogP contribution in [0.4, 0.5) is 10.7 Å². The van der Waals surface area contributed by atoms with Gasteiger partial charge in [0, 0.05) is 24.8 Å². The molecule has 0 radical (unpaired) electrons. The molecule has 3 heterocycles. The summed E-state index contributed by atoms with van der Waals surface area (Å²) in [4.78, 5) is 22.0. The second-order valence-corrected chi connectivity index (χ2v) is 5.34. The number of nitrogens with two attached hydrogens (primary N) is 1. The van der Waals surface area contributed by atoms with Crippen molar-refractivity contribution in [2.24, 2.45) is 0 Å². The van der Waals surface area contributed by atoms with Crippen molar-refractivity contribution < 1.29 is 4.79 Å². The highest BCUT2D eigenvalue weighted by atomic mass is 35.5. The molecule has 0 saturated carbocycles. The third-order valence-electron chi connectivity index (χ3n) is 3.44. The number of carbonyl (C=O) groups is 1.